The Bertz CT molecular complexity index is 919. The van der Waals surface area contributed by atoms with Gasteiger partial charge in [-0.05, 0) is 43.7 Å². The Morgan fingerprint density at radius 1 is 1.12 bits per heavy atom. The molecular formula is C21H21BrN2O2. The second-order valence-corrected chi connectivity index (χ2v) is 7.15. The van der Waals surface area contributed by atoms with E-state index in [2.05, 4.69) is 21.2 Å². The normalized spacial score (nSPS) is 12.0. The zero-order chi connectivity index (χ0) is 18.7. The molecular weight excluding hydrogens is 392 g/mol. The van der Waals surface area contributed by atoms with Gasteiger partial charge in [-0.3, -0.25) is 4.79 Å². The first kappa shape index (κ1) is 18.4. The molecule has 4 nitrogen and oxygen atoms in total. The highest BCUT2D eigenvalue weighted by atomic mass is 79.9. The van der Waals surface area contributed by atoms with Crippen molar-refractivity contribution in [3.8, 4) is 5.69 Å². The number of benzene rings is 2. The van der Waals surface area contributed by atoms with E-state index in [1.807, 2.05) is 79.1 Å². The van der Waals surface area contributed by atoms with Gasteiger partial charge in [0.1, 0.15) is 0 Å². The summed E-state index contributed by atoms with van der Waals surface area (Å²) in [7, 11) is 0. The number of halogens is 1. The minimum Gasteiger partial charge on any atom is -0.387 e. The van der Waals surface area contributed by atoms with Crippen LogP contribution < -0.4 is 5.32 Å². The standard InChI is InChI=1S/C21H21BrN2O2/c1-14-11-19(15(2)24(14)18-10-6-9-17(22)12-18)21(26)23-13-20(25)16-7-4-3-5-8-16/h3-12,20,25H,13H2,1-2H3,(H,23,26). The number of aliphatic hydroxyl groups excluding tert-OH is 1. The molecule has 0 saturated carbocycles. The lowest BCUT2D eigenvalue weighted by Gasteiger charge is -2.13. The minimum atomic E-state index is -0.728. The molecule has 0 aliphatic carbocycles. The summed E-state index contributed by atoms with van der Waals surface area (Å²) in [5.74, 6) is -0.186. The molecule has 1 atom stereocenters. The predicted molar refractivity (Wildman–Crippen MR) is 107 cm³/mol. The summed E-state index contributed by atoms with van der Waals surface area (Å²) in [6.07, 6.45) is -0.728. The average molecular weight is 413 g/mol. The summed E-state index contributed by atoms with van der Waals surface area (Å²) in [6, 6.07) is 19.1. The molecule has 2 aromatic carbocycles. The number of nitrogens with zero attached hydrogens (tertiary/aromatic N) is 1. The van der Waals surface area contributed by atoms with E-state index in [4.69, 9.17) is 0 Å². The van der Waals surface area contributed by atoms with Crippen LogP contribution in [-0.4, -0.2) is 22.1 Å². The molecule has 1 heterocycles. The summed E-state index contributed by atoms with van der Waals surface area (Å²) in [5, 5.41) is 13.1. The Kier molecular flexibility index (Phi) is 5.59. The molecule has 1 amide bonds. The zero-order valence-corrected chi connectivity index (χ0v) is 16.3. The lowest BCUT2D eigenvalue weighted by atomic mass is 10.1. The first-order valence-electron chi connectivity index (χ1n) is 8.43. The fourth-order valence-electron chi connectivity index (χ4n) is 3.08. The molecule has 0 aliphatic rings. The minimum absolute atomic E-state index is 0.170. The molecule has 2 N–H and O–H groups in total. The van der Waals surface area contributed by atoms with Crippen molar-refractivity contribution in [1.82, 2.24) is 9.88 Å². The van der Waals surface area contributed by atoms with Crippen LogP contribution in [0.15, 0.2) is 65.1 Å². The highest BCUT2D eigenvalue weighted by Gasteiger charge is 2.18. The van der Waals surface area contributed by atoms with Crippen LogP contribution in [0.25, 0.3) is 5.69 Å². The summed E-state index contributed by atoms with van der Waals surface area (Å²) in [4.78, 5) is 12.6. The third-order valence-electron chi connectivity index (χ3n) is 4.38. The maximum atomic E-state index is 12.6. The molecule has 3 aromatic rings. The molecule has 0 fully saturated rings. The first-order chi connectivity index (χ1) is 12.5. The average Bonchev–Trinajstić information content (AvgIpc) is 2.94. The van der Waals surface area contributed by atoms with E-state index in [-0.39, 0.29) is 12.5 Å². The topological polar surface area (TPSA) is 54.3 Å². The van der Waals surface area contributed by atoms with E-state index in [0.29, 0.717) is 5.56 Å². The number of amides is 1. The number of hydrogen-bond acceptors (Lipinski definition) is 2. The Labute approximate surface area is 161 Å². The number of hydrogen-bond donors (Lipinski definition) is 2. The third kappa shape index (κ3) is 3.89. The van der Waals surface area contributed by atoms with Crippen LogP contribution in [0.3, 0.4) is 0 Å². The molecule has 0 aliphatic heterocycles. The number of nitrogens with one attached hydrogen (secondary N) is 1. The van der Waals surface area contributed by atoms with Crippen LogP contribution in [0.5, 0.6) is 0 Å². The predicted octanol–water partition coefficient (Wildman–Crippen LogP) is 4.32. The molecule has 0 bridgehead atoms. The van der Waals surface area contributed by atoms with Crippen LogP contribution in [0.2, 0.25) is 0 Å². The van der Waals surface area contributed by atoms with Gasteiger partial charge in [0.05, 0.1) is 11.7 Å². The maximum absolute atomic E-state index is 12.6. The summed E-state index contributed by atoms with van der Waals surface area (Å²) >= 11 is 3.49. The summed E-state index contributed by atoms with van der Waals surface area (Å²) in [5.41, 5.74) is 4.24. The van der Waals surface area contributed by atoms with Crippen molar-refractivity contribution in [2.75, 3.05) is 6.54 Å². The Hall–Kier alpha value is -2.37. The quantitative estimate of drug-likeness (QED) is 0.655. The van der Waals surface area contributed by atoms with E-state index >= 15 is 0 Å². The van der Waals surface area contributed by atoms with Gasteiger partial charge >= 0.3 is 0 Å². The molecule has 5 heteroatoms. The second-order valence-electron chi connectivity index (χ2n) is 6.24. The van der Waals surface area contributed by atoms with Crippen LogP contribution in [0.4, 0.5) is 0 Å². The highest BCUT2D eigenvalue weighted by Crippen LogP contribution is 2.23. The van der Waals surface area contributed by atoms with Gasteiger partial charge in [0, 0.05) is 28.1 Å². The Morgan fingerprint density at radius 3 is 2.54 bits per heavy atom. The van der Waals surface area contributed by atoms with Crippen molar-refractivity contribution < 1.29 is 9.90 Å². The van der Waals surface area contributed by atoms with Crippen molar-refractivity contribution in [1.29, 1.82) is 0 Å². The lowest BCUT2D eigenvalue weighted by Crippen LogP contribution is -2.28. The van der Waals surface area contributed by atoms with E-state index in [9.17, 15) is 9.90 Å². The van der Waals surface area contributed by atoms with E-state index in [1.54, 1.807) is 0 Å². The Morgan fingerprint density at radius 2 is 1.85 bits per heavy atom. The van der Waals surface area contributed by atoms with Crippen molar-refractivity contribution in [3.05, 3.63) is 87.7 Å². The summed E-state index contributed by atoms with van der Waals surface area (Å²) < 4.78 is 3.03. The molecule has 0 saturated heterocycles. The lowest BCUT2D eigenvalue weighted by molar-refractivity contribution is 0.0915. The molecule has 1 unspecified atom stereocenters. The van der Waals surface area contributed by atoms with E-state index in [0.717, 1.165) is 27.1 Å². The molecule has 26 heavy (non-hydrogen) atoms. The van der Waals surface area contributed by atoms with Crippen molar-refractivity contribution in [3.63, 3.8) is 0 Å². The first-order valence-corrected chi connectivity index (χ1v) is 9.23. The molecule has 3 rings (SSSR count). The van der Waals surface area contributed by atoms with E-state index in [1.165, 1.54) is 0 Å². The third-order valence-corrected chi connectivity index (χ3v) is 4.88. The van der Waals surface area contributed by atoms with Gasteiger partial charge in [0.25, 0.3) is 5.91 Å². The van der Waals surface area contributed by atoms with Crippen LogP contribution >= 0.6 is 15.9 Å². The fraction of sp³-hybridized carbons (Fsp3) is 0.190. The number of rotatable bonds is 5. The zero-order valence-electron chi connectivity index (χ0n) is 14.7. The summed E-state index contributed by atoms with van der Waals surface area (Å²) in [6.45, 7) is 4.07. The van der Waals surface area contributed by atoms with Gasteiger partial charge in [-0.1, -0.05) is 52.3 Å². The number of aromatic nitrogens is 1. The molecule has 134 valence electrons. The highest BCUT2D eigenvalue weighted by molar-refractivity contribution is 9.10. The molecule has 0 spiro atoms. The fourth-order valence-corrected chi connectivity index (χ4v) is 3.47. The van der Waals surface area contributed by atoms with Gasteiger partial charge in [-0.2, -0.15) is 0 Å². The largest absolute Gasteiger partial charge is 0.387 e. The smallest absolute Gasteiger partial charge is 0.253 e. The van der Waals surface area contributed by atoms with Crippen molar-refractivity contribution in [2.45, 2.75) is 20.0 Å². The van der Waals surface area contributed by atoms with Gasteiger partial charge in [0.15, 0.2) is 0 Å². The van der Waals surface area contributed by atoms with Gasteiger partial charge in [-0.15, -0.1) is 0 Å². The van der Waals surface area contributed by atoms with Gasteiger partial charge in [0.2, 0.25) is 0 Å². The number of carbonyl (C=O) groups is 1. The molecule has 1 aromatic heterocycles. The van der Waals surface area contributed by atoms with Gasteiger partial charge < -0.3 is 15.0 Å². The molecule has 0 radical (unpaired) electrons. The van der Waals surface area contributed by atoms with Crippen molar-refractivity contribution >= 4 is 21.8 Å². The van der Waals surface area contributed by atoms with Gasteiger partial charge in [-0.25, -0.2) is 0 Å². The second kappa shape index (κ2) is 7.89. The van der Waals surface area contributed by atoms with Crippen molar-refractivity contribution in [2.24, 2.45) is 0 Å². The Balaban J connectivity index is 1.77. The number of carbonyl (C=O) groups excluding carboxylic acids is 1. The van der Waals surface area contributed by atoms with Crippen LogP contribution in [-0.2, 0) is 0 Å². The SMILES string of the molecule is Cc1cc(C(=O)NCC(O)c2ccccc2)c(C)n1-c1cccc(Br)c1. The maximum Gasteiger partial charge on any atom is 0.253 e. The number of aryl methyl sites for hydroxylation is 1. The van der Waals surface area contributed by atoms with E-state index < -0.39 is 6.10 Å². The number of aliphatic hydroxyl groups is 1. The monoisotopic (exact) mass is 412 g/mol. The van der Waals surface area contributed by atoms with Crippen LogP contribution in [0, 0.1) is 13.8 Å². The van der Waals surface area contributed by atoms with Crippen LogP contribution in [0.1, 0.15) is 33.4 Å².